The van der Waals surface area contributed by atoms with Gasteiger partial charge >= 0.3 is 5.97 Å². The molecule has 1 aliphatic heterocycles. The SMILES string of the molecule is Cc1nn(C)c2sc(C(=O)N3CC(O)CC3C(=O)O)cc12. The molecule has 2 aromatic heterocycles. The van der Waals surface area contributed by atoms with Crippen LogP contribution in [0, 0.1) is 6.92 Å². The first-order valence-corrected chi connectivity index (χ1v) is 7.35. The van der Waals surface area contributed by atoms with E-state index in [0.29, 0.717) is 4.88 Å². The number of aromatic nitrogens is 2. The Balaban J connectivity index is 1.96. The Bertz CT molecular complexity index is 701. The van der Waals surface area contributed by atoms with Crippen LogP contribution in [0.25, 0.3) is 10.2 Å². The van der Waals surface area contributed by atoms with E-state index in [-0.39, 0.29) is 18.9 Å². The lowest BCUT2D eigenvalue weighted by Gasteiger charge is -2.20. The van der Waals surface area contributed by atoms with Crippen LogP contribution in [-0.4, -0.2) is 55.5 Å². The van der Waals surface area contributed by atoms with Crippen LogP contribution in [0.3, 0.4) is 0 Å². The first kappa shape index (κ1) is 14.0. The first-order valence-electron chi connectivity index (χ1n) is 6.53. The third-order valence-corrected chi connectivity index (χ3v) is 4.92. The Morgan fingerprint density at radius 2 is 2.19 bits per heavy atom. The molecule has 2 N–H and O–H groups in total. The van der Waals surface area contributed by atoms with Gasteiger partial charge in [-0.2, -0.15) is 5.10 Å². The monoisotopic (exact) mass is 309 g/mol. The molecule has 21 heavy (non-hydrogen) atoms. The van der Waals surface area contributed by atoms with Gasteiger partial charge in [-0.3, -0.25) is 9.48 Å². The zero-order chi connectivity index (χ0) is 15.3. The Morgan fingerprint density at radius 1 is 1.48 bits per heavy atom. The summed E-state index contributed by atoms with van der Waals surface area (Å²) in [6.07, 6.45) is -0.708. The summed E-state index contributed by atoms with van der Waals surface area (Å²) >= 11 is 1.29. The largest absolute Gasteiger partial charge is 0.480 e. The molecule has 0 spiro atoms. The number of carboxylic acid groups (broad SMARTS) is 1. The molecule has 1 aliphatic rings. The molecule has 3 heterocycles. The van der Waals surface area contributed by atoms with Crippen LogP contribution in [0.1, 0.15) is 21.8 Å². The molecule has 0 aliphatic carbocycles. The number of aliphatic hydroxyl groups excluding tert-OH is 1. The number of likely N-dealkylation sites (tertiary alicyclic amines) is 1. The maximum Gasteiger partial charge on any atom is 0.326 e. The van der Waals surface area contributed by atoms with Crippen LogP contribution in [0.2, 0.25) is 0 Å². The number of aliphatic hydroxyl groups is 1. The molecule has 7 nitrogen and oxygen atoms in total. The Labute approximate surface area is 124 Å². The van der Waals surface area contributed by atoms with Gasteiger partial charge in [-0.15, -0.1) is 11.3 Å². The molecule has 0 saturated carbocycles. The summed E-state index contributed by atoms with van der Waals surface area (Å²) in [5.41, 5.74) is 0.832. The van der Waals surface area contributed by atoms with E-state index in [2.05, 4.69) is 5.10 Å². The number of hydrogen-bond acceptors (Lipinski definition) is 5. The van der Waals surface area contributed by atoms with Gasteiger partial charge in [0.1, 0.15) is 10.9 Å². The van der Waals surface area contributed by atoms with Crippen molar-refractivity contribution in [2.75, 3.05) is 6.54 Å². The number of β-amino-alcohol motifs (C(OH)–C–C–N with tert-alkyl or cyclic N) is 1. The number of carbonyl (C=O) groups is 2. The van der Waals surface area contributed by atoms with Crippen molar-refractivity contribution in [3.8, 4) is 0 Å². The molecule has 1 amide bonds. The van der Waals surface area contributed by atoms with E-state index in [1.807, 2.05) is 6.92 Å². The number of aliphatic carboxylic acids is 1. The van der Waals surface area contributed by atoms with Gasteiger partial charge in [0.15, 0.2) is 0 Å². The van der Waals surface area contributed by atoms with Crippen molar-refractivity contribution < 1.29 is 19.8 Å². The van der Waals surface area contributed by atoms with Gasteiger partial charge in [0.25, 0.3) is 5.91 Å². The van der Waals surface area contributed by atoms with E-state index in [1.165, 1.54) is 16.2 Å². The second-order valence-electron chi connectivity index (χ2n) is 5.24. The molecular weight excluding hydrogens is 294 g/mol. The number of hydrogen-bond donors (Lipinski definition) is 2. The highest BCUT2D eigenvalue weighted by molar-refractivity contribution is 7.20. The number of thiophene rings is 1. The van der Waals surface area contributed by atoms with Gasteiger partial charge in [-0.05, 0) is 13.0 Å². The highest BCUT2D eigenvalue weighted by Gasteiger charge is 2.39. The summed E-state index contributed by atoms with van der Waals surface area (Å²) in [6, 6.07) is 0.783. The van der Waals surface area contributed by atoms with Crippen molar-refractivity contribution >= 4 is 33.4 Å². The minimum atomic E-state index is -1.08. The van der Waals surface area contributed by atoms with Crippen LogP contribution in [0.4, 0.5) is 0 Å². The lowest BCUT2D eigenvalue weighted by molar-refractivity contribution is -0.141. The second kappa shape index (κ2) is 4.81. The molecule has 2 unspecified atom stereocenters. The predicted octanol–water partition coefficient (Wildman–Crippen LogP) is 0.603. The van der Waals surface area contributed by atoms with E-state index < -0.39 is 18.1 Å². The van der Waals surface area contributed by atoms with Crippen molar-refractivity contribution in [3.63, 3.8) is 0 Å². The summed E-state index contributed by atoms with van der Waals surface area (Å²) in [6.45, 7) is 1.92. The van der Waals surface area contributed by atoms with E-state index in [0.717, 1.165) is 15.9 Å². The maximum atomic E-state index is 12.5. The summed E-state index contributed by atoms with van der Waals surface area (Å²) < 4.78 is 1.71. The van der Waals surface area contributed by atoms with Crippen LogP contribution < -0.4 is 0 Å². The number of aryl methyl sites for hydroxylation is 2. The van der Waals surface area contributed by atoms with Crippen LogP contribution >= 0.6 is 11.3 Å². The van der Waals surface area contributed by atoms with Gasteiger partial charge in [0.05, 0.1) is 16.7 Å². The topological polar surface area (TPSA) is 95.7 Å². The standard InChI is InChI=1S/C13H15N3O4S/c1-6-8-4-10(21-12(8)15(2)14-6)11(18)16-5-7(17)3-9(16)13(19)20/h4,7,9,17H,3,5H2,1-2H3,(H,19,20). The third kappa shape index (κ3) is 2.20. The molecule has 1 saturated heterocycles. The van der Waals surface area contributed by atoms with E-state index >= 15 is 0 Å². The number of rotatable bonds is 2. The van der Waals surface area contributed by atoms with Gasteiger partial charge in [-0.25, -0.2) is 4.79 Å². The molecule has 0 radical (unpaired) electrons. The molecule has 1 fully saturated rings. The van der Waals surface area contributed by atoms with Crippen molar-refractivity contribution in [2.24, 2.45) is 7.05 Å². The average Bonchev–Trinajstić information content (AvgIpc) is 3.06. The highest BCUT2D eigenvalue weighted by Crippen LogP contribution is 2.30. The summed E-state index contributed by atoms with van der Waals surface area (Å²) in [5.74, 6) is -1.43. The van der Waals surface area contributed by atoms with Crippen molar-refractivity contribution in [2.45, 2.75) is 25.5 Å². The fourth-order valence-electron chi connectivity index (χ4n) is 2.72. The minimum absolute atomic E-state index is 0.0568. The average molecular weight is 309 g/mol. The molecule has 8 heteroatoms. The number of nitrogens with zero attached hydrogens (tertiary/aromatic N) is 3. The summed E-state index contributed by atoms with van der Waals surface area (Å²) in [4.78, 5) is 26.3. The summed E-state index contributed by atoms with van der Waals surface area (Å²) in [7, 11) is 1.81. The fourth-order valence-corrected chi connectivity index (χ4v) is 3.80. The Hall–Kier alpha value is -1.93. The third-order valence-electron chi connectivity index (χ3n) is 3.73. The van der Waals surface area contributed by atoms with Crippen molar-refractivity contribution in [3.05, 3.63) is 16.6 Å². The van der Waals surface area contributed by atoms with Crippen LogP contribution in [-0.2, 0) is 11.8 Å². The molecular formula is C13H15N3O4S. The zero-order valence-corrected chi connectivity index (χ0v) is 12.4. The molecule has 112 valence electrons. The molecule has 0 bridgehead atoms. The smallest absolute Gasteiger partial charge is 0.326 e. The Kier molecular flexibility index (Phi) is 3.22. The molecule has 0 aromatic carbocycles. The lowest BCUT2D eigenvalue weighted by Crippen LogP contribution is -2.40. The number of carbonyl (C=O) groups excluding carboxylic acids is 1. The number of amides is 1. The maximum absolute atomic E-state index is 12.5. The Morgan fingerprint density at radius 3 is 2.81 bits per heavy atom. The zero-order valence-electron chi connectivity index (χ0n) is 11.6. The van der Waals surface area contributed by atoms with E-state index in [9.17, 15) is 14.7 Å². The lowest BCUT2D eigenvalue weighted by atomic mass is 10.2. The van der Waals surface area contributed by atoms with Crippen LogP contribution in [0.5, 0.6) is 0 Å². The number of fused-ring (bicyclic) bond motifs is 1. The van der Waals surface area contributed by atoms with Crippen molar-refractivity contribution in [1.29, 1.82) is 0 Å². The van der Waals surface area contributed by atoms with E-state index in [1.54, 1.807) is 17.8 Å². The summed E-state index contributed by atoms with van der Waals surface area (Å²) in [5, 5.41) is 24.0. The van der Waals surface area contributed by atoms with Gasteiger partial charge in [-0.1, -0.05) is 0 Å². The first-order chi connectivity index (χ1) is 9.88. The van der Waals surface area contributed by atoms with Gasteiger partial charge < -0.3 is 15.1 Å². The van der Waals surface area contributed by atoms with E-state index in [4.69, 9.17) is 5.11 Å². The molecule has 3 rings (SSSR count). The molecule has 2 atom stereocenters. The highest BCUT2D eigenvalue weighted by atomic mass is 32.1. The molecule has 2 aromatic rings. The number of carboxylic acids is 1. The fraction of sp³-hybridized carbons (Fsp3) is 0.462. The quantitative estimate of drug-likeness (QED) is 0.847. The second-order valence-corrected chi connectivity index (χ2v) is 6.27. The van der Waals surface area contributed by atoms with Gasteiger partial charge in [0, 0.05) is 25.4 Å². The minimum Gasteiger partial charge on any atom is -0.480 e. The van der Waals surface area contributed by atoms with Crippen molar-refractivity contribution in [1.82, 2.24) is 14.7 Å². The predicted molar refractivity (Wildman–Crippen MR) is 76.4 cm³/mol. The van der Waals surface area contributed by atoms with Crippen LogP contribution in [0.15, 0.2) is 6.07 Å². The van der Waals surface area contributed by atoms with Gasteiger partial charge in [0.2, 0.25) is 0 Å². The normalized spacial score (nSPS) is 22.1.